The van der Waals surface area contributed by atoms with E-state index < -0.39 is 3.74 Å². The summed E-state index contributed by atoms with van der Waals surface area (Å²) in [5.41, 5.74) is 3.06. The normalized spacial score (nSPS) is 11.1. The number of ketones is 1. The Morgan fingerprint density at radius 1 is 1.00 bits per heavy atom. The SMILES string of the molecule is O=C(c1ccc(Cl)c2nc(-c3ccccc3)ccc12)C(Br)Br. The van der Waals surface area contributed by atoms with Crippen molar-refractivity contribution in [1.29, 1.82) is 0 Å². The number of alkyl halides is 2. The van der Waals surface area contributed by atoms with Gasteiger partial charge in [0.25, 0.3) is 0 Å². The highest BCUT2D eigenvalue weighted by molar-refractivity contribution is 9.25. The Balaban J connectivity index is 2.21. The molecule has 0 aliphatic rings. The zero-order valence-corrected chi connectivity index (χ0v) is 15.2. The monoisotopic (exact) mass is 437 g/mol. The maximum Gasteiger partial charge on any atom is 0.187 e. The molecule has 0 fully saturated rings. The maximum atomic E-state index is 12.3. The summed E-state index contributed by atoms with van der Waals surface area (Å²) in [5, 5.41) is 1.28. The lowest BCUT2D eigenvalue weighted by Crippen LogP contribution is -2.08. The molecule has 0 bridgehead atoms. The molecule has 5 heteroatoms. The molecule has 0 atom stereocenters. The van der Waals surface area contributed by atoms with E-state index >= 15 is 0 Å². The summed E-state index contributed by atoms with van der Waals surface area (Å²) in [6, 6.07) is 17.1. The molecule has 0 N–H and O–H groups in total. The van der Waals surface area contributed by atoms with Crippen LogP contribution in [0.2, 0.25) is 5.02 Å². The zero-order chi connectivity index (χ0) is 15.7. The molecule has 0 radical (unpaired) electrons. The maximum absolute atomic E-state index is 12.3. The zero-order valence-electron chi connectivity index (χ0n) is 11.3. The van der Waals surface area contributed by atoms with Crippen LogP contribution in [-0.2, 0) is 0 Å². The van der Waals surface area contributed by atoms with E-state index in [0.29, 0.717) is 16.1 Å². The van der Waals surface area contributed by atoms with Crippen LogP contribution in [0.4, 0.5) is 0 Å². The van der Waals surface area contributed by atoms with Crippen molar-refractivity contribution < 1.29 is 4.79 Å². The summed E-state index contributed by atoms with van der Waals surface area (Å²) in [7, 11) is 0. The third-order valence-corrected chi connectivity index (χ3v) is 4.48. The summed E-state index contributed by atoms with van der Waals surface area (Å²) in [6.45, 7) is 0. The largest absolute Gasteiger partial charge is 0.292 e. The van der Waals surface area contributed by atoms with Crippen LogP contribution in [0.25, 0.3) is 22.2 Å². The first-order valence-corrected chi connectivity index (χ1v) is 8.76. The Kier molecular flexibility index (Phi) is 4.62. The minimum atomic E-state index is -0.432. The van der Waals surface area contributed by atoms with E-state index in [0.717, 1.165) is 16.6 Å². The highest BCUT2D eigenvalue weighted by Crippen LogP contribution is 2.30. The number of hydrogen-bond acceptors (Lipinski definition) is 2. The van der Waals surface area contributed by atoms with Gasteiger partial charge in [-0.05, 0) is 24.3 Å². The molecular formula is C17H10Br2ClNO. The Bertz CT molecular complexity index is 850. The first-order chi connectivity index (χ1) is 10.6. The molecular weight excluding hydrogens is 429 g/mol. The Morgan fingerprint density at radius 3 is 2.41 bits per heavy atom. The Labute approximate surface area is 149 Å². The third kappa shape index (κ3) is 2.96. The summed E-state index contributed by atoms with van der Waals surface area (Å²) in [5.74, 6) is -0.0593. The average Bonchev–Trinajstić information content (AvgIpc) is 2.55. The van der Waals surface area contributed by atoms with Gasteiger partial charge in [-0.2, -0.15) is 0 Å². The number of aromatic nitrogens is 1. The second-order valence-electron chi connectivity index (χ2n) is 4.72. The number of rotatable bonds is 3. The fourth-order valence-corrected chi connectivity index (χ4v) is 2.99. The van der Waals surface area contributed by atoms with Crippen molar-refractivity contribution in [1.82, 2.24) is 4.98 Å². The molecule has 2 nitrogen and oxygen atoms in total. The van der Waals surface area contributed by atoms with Crippen LogP contribution >= 0.6 is 43.5 Å². The van der Waals surface area contributed by atoms with Crippen LogP contribution in [-0.4, -0.2) is 14.5 Å². The lowest BCUT2D eigenvalue weighted by molar-refractivity contribution is 0.101. The highest BCUT2D eigenvalue weighted by Gasteiger charge is 2.18. The van der Waals surface area contributed by atoms with Crippen molar-refractivity contribution in [2.45, 2.75) is 3.74 Å². The van der Waals surface area contributed by atoms with E-state index in [1.54, 1.807) is 12.1 Å². The number of halogens is 3. The molecule has 0 spiro atoms. The topological polar surface area (TPSA) is 30.0 Å². The van der Waals surface area contributed by atoms with Crippen molar-refractivity contribution in [2.24, 2.45) is 0 Å². The number of nitrogens with zero attached hydrogens (tertiary/aromatic N) is 1. The van der Waals surface area contributed by atoms with Gasteiger partial charge in [-0.1, -0.05) is 73.8 Å². The molecule has 2 aromatic carbocycles. The molecule has 0 unspecified atom stereocenters. The van der Waals surface area contributed by atoms with Crippen molar-refractivity contribution in [2.75, 3.05) is 0 Å². The second-order valence-corrected chi connectivity index (χ2v) is 8.19. The molecule has 110 valence electrons. The molecule has 0 amide bonds. The number of fused-ring (bicyclic) bond motifs is 1. The molecule has 3 aromatic rings. The molecule has 3 rings (SSSR count). The molecule has 0 aliphatic heterocycles. The molecule has 22 heavy (non-hydrogen) atoms. The number of carbonyl (C=O) groups excluding carboxylic acids is 1. The fraction of sp³-hybridized carbons (Fsp3) is 0.0588. The van der Waals surface area contributed by atoms with Crippen LogP contribution < -0.4 is 0 Å². The number of pyridine rings is 1. The highest BCUT2D eigenvalue weighted by atomic mass is 79.9. The van der Waals surface area contributed by atoms with Crippen molar-refractivity contribution in [3.63, 3.8) is 0 Å². The van der Waals surface area contributed by atoms with Gasteiger partial charge < -0.3 is 0 Å². The molecule has 0 saturated heterocycles. The van der Waals surface area contributed by atoms with E-state index in [1.807, 2.05) is 42.5 Å². The summed E-state index contributed by atoms with van der Waals surface area (Å²) in [6.07, 6.45) is 0. The quantitative estimate of drug-likeness (QED) is 0.378. The Hall–Kier alpha value is -1.23. The summed E-state index contributed by atoms with van der Waals surface area (Å²) in [4.78, 5) is 16.9. The fourth-order valence-electron chi connectivity index (χ4n) is 2.29. The van der Waals surface area contributed by atoms with Gasteiger partial charge in [-0.15, -0.1) is 0 Å². The van der Waals surface area contributed by atoms with Gasteiger partial charge in [0.15, 0.2) is 5.78 Å². The van der Waals surface area contributed by atoms with Gasteiger partial charge in [0.05, 0.1) is 16.2 Å². The van der Waals surface area contributed by atoms with E-state index in [4.69, 9.17) is 11.6 Å². The van der Waals surface area contributed by atoms with Crippen molar-refractivity contribution >= 4 is 60.1 Å². The van der Waals surface area contributed by atoms with Crippen LogP contribution in [0.5, 0.6) is 0 Å². The van der Waals surface area contributed by atoms with E-state index in [9.17, 15) is 4.79 Å². The van der Waals surface area contributed by atoms with E-state index in [-0.39, 0.29) is 5.78 Å². The van der Waals surface area contributed by atoms with Gasteiger partial charge in [0, 0.05) is 16.5 Å². The summed E-state index contributed by atoms with van der Waals surface area (Å²) >= 11 is 12.8. The number of Topliss-reactive ketones (excluding diaryl/α,β-unsaturated/α-hetero) is 1. The van der Waals surface area contributed by atoms with Crippen molar-refractivity contribution in [3.05, 3.63) is 65.2 Å². The Morgan fingerprint density at radius 2 is 1.73 bits per heavy atom. The summed E-state index contributed by atoms with van der Waals surface area (Å²) < 4.78 is -0.432. The van der Waals surface area contributed by atoms with Gasteiger partial charge in [-0.3, -0.25) is 4.79 Å². The minimum Gasteiger partial charge on any atom is -0.292 e. The smallest absolute Gasteiger partial charge is 0.187 e. The predicted molar refractivity (Wildman–Crippen MR) is 98.2 cm³/mol. The first kappa shape index (κ1) is 15.7. The minimum absolute atomic E-state index is 0.0593. The number of benzene rings is 2. The molecule has 0 aliphatic carbocycles. The van der Waals surface area contributed by atoms with Crippen LogP contribution in [0.15, 0.2) is 54.6 Å². The van der Waals surface area contributed by atoms with E-state index in [2.05, 4.69) is 36.8 Å². The van der Waals surface area contributed by atoms with Gasteiger partial charge in [0.2, 0.25) is 0 Å². The first-order valence-electron chi connectivity index (χ1n) is 6.55. The lowest BCUT2D eigenvalue weighted by Gasteiger charge is -2.09. The number of carbonyl (C=O) groups is 1. The molecule has 0 saturated carbocycles. The molecule has 1 heterocycles. The lowest BCUT2D eigenvalue weighted by atomic mass is 10.0. The van der Waals surface area contributed by atoms with Gasteiger partial charge in [-0.25, -0.2) is 4.98 Å². The van der Waals surface area contributed by atoms with Crippen LogP contribution in [0.3, 0.4) is 0 Å². The van der Waals surface area contributed by atoms with Gasteiger partial charge in [0.1, 0.15) is 3.74 Å². The standard InChI is InChI=1S/C17H10Br2ClNO/c18-17(19)16(22)12-6-8-13(20)15-11(12)7-9-14(21-15)10-4-2-1-3-5-10/h1-9,17H. The van der Waals surface area contributed by atoms with Gasteiger partial charge >= 0.3 is 0 Å². The molecule has 1 aromatic heterocycles. The third-order valence-electron chi connectivity index (χ3n) is 3.34. The van der Waals surface area contributed by atoms with Crippen molar-refractivity contribution in [3.8, 4) is 11.3 Å². The second kappa shape index (κ2) is 6.49. The van der Waals surface area contributed by atoms with Crippen LogP contribution in [0.1, 0.15) is 10.4 Å². The average molecular weight is 440 g/mol. The number of hydrogen-bond donors (Lipinski definition) is 0. The predicted octanol–water partition coefficient (Wildman–Crippen LogP) is 5.85. The van der Waals surface area contributed by atoms with Crippen LogP contribution in [0, 0.1) is 0 Å². The van der Waals surface area contributed by atoms with E-state index in [1.165, 1.54) is 0 Å².